The zero-order valence-corrected chi connectivity index (χ0v) is 11.0. The normalized spacial score (nSPS) is 10.7. The monoisotopic (exact) mass is 263 g/mol. The molecule has 0 bridgehead atoms. The first-order valence-electron chi connectivity index (χ1n) is 6.35. The summed E-state index contributed by atoms with van der Waals surface area (Å²) < 4.78 is 0. The van der Waals surface area contributed by atoms with Gasteiger partial charge in [0.15, 0.2) is 5.78 Å². The van der Waals surface area contributed by atoms with Crippen molar-refractivity contribution in [3.8, 4) is 16.9 Å². The Hall–Kier alpha value is -2.68. The van der Waals surface area contributed by atoms with Gasteiger partial charge in [0.05, 0.1) is 0 Å². The van der Waals surface area contributed by atoms with Gasteiger partial charge in [0.1, 0.15) is 11.4 Å². The van der Waals surface area contributed by atoms with Crippen LogP contribution in [-0.2, 0) is 0 Å². The van der Waals surface area contributed by atoms with Crippen molar-refractivity contribution >= 4 is 16.6 Å². The summed E-state index contributed by atoms with van der Waals surface area (Å²) in [6, 6.07) is 14.9. The van der Waals surface area contributed by atoms with Crippen molar-refractivity contribution in [2.45, 2.75) is 6.92 Å². The van der Waals surface area contributed by atoms with Gasteiger partial charge >= 0.3 is 0 Å². The molecule has 0 saturated heterocycles. The van der Waals surface area contributed by atoms with Crippen LogP contribution in [0.15, 0.2) is 54.7 Å². The molecule has 0 radical (unpaired) electrons. The van der Waals surface area contributed by atoms with E-state index in [1.54, 1.807) is 18.3 Å². The molecule has 0 aliphatic carbocycles. The third kappa shape index (κ3) is 2.03. The Morgan fingerprint density at radius 2 is 1.85 bits per heavy atom. The Balaban J connectivity index is 2.32. The van der Waals surface area contributed by atoms with E-state index in [0.29, 0.717) is 11.3 Å². The fourth-order valence-corrected chi connectivity index (χ4v) is 2.34. The molecule has 1 aromatic heterocycles. The fraction of sp³-hybridized carbons (Fsp3) is 0.0588. The fourth-order valence-electron chi connectivity index (χ4n) is 2.34. The average molecular weight is 263 g/mol. The smallest absolute Gasteiger partial charge is 0.178 e. The molecule has 0 aliphatic heterocycles. The largest absolute Gasteiger partial charge is 0.507 e. The molecule has 3 nitrogen and oxygen atoms in total. The topological polar surface area (TPSA) is 50.2 Å². The number of benzene rings is 2. The number of aromatic nitrogens is 1. The molecule has 0 fully saturated rings. The van der Waals surface area contributed by atoms with Gasteiger partial charge < -0.3 is 5.11 Å². The highest BCUT2D eigenvalue weighted by molar-refractivity contribution is 6.06. The summed E-state index contributed by atoms with van der Waals surface area (Å²) in [5.41, 5.74) is 2.04. The van der Waals surface area contributed by atoms with Crippen molar-refractivity contribution in [1.82, 2.24) is 4.98 Å². The number of carbonyl (C=O) groups excluding carboxylic acids is 1. The molecule has 98 valence electrons. The van der Waals surface area contributed by atoms with Gasteiger partial charge in [-0.25, -0.2) is 0 Å². The first-order valence-corrected chi connectivity index (χ1v) is 6.35. The second-order valence-electron chi connectivity index (χ2n) is 4.67. The number of hydrogen-bond donors (Lipinski definition) is 1. The van der Waals surface area contributed by atoms with Gasteiger partial charge in [0, 0.05) is 24.1 Å². The Labute approximate surface area is 116 Å². The predicted octanol–water partition coefficient (Wildman–Crippen LogP) is 3.81. The summed E-state index contributed by atoms with van der Waals surface area (Å²) in [4.78, 5) is 15.8. The lowest BCUT2D eigenvalue weighted by atomic mass is 9.99. The van der Waals surface area contributed by atoms with Gasteiger partial charge in [-0.05, 0) is 29.1 Å². The van der Waals surface area contributed by atoms with E-state index in [-0.39, 0.29) is 11.5 Å². The molecule has 20 heavy (non-hydrogen) atoms. The van der Waals surface area contributed by atoms with E-state index in [2.05, 4.69) is 4.98 Å². The van der Waals surface area contributed by atoms with Crippen LogP contribution < -0.4 is 0 Å². The van der Waals surface area contributed by atoms with Crippen molar-refractivity contribution in [1.29, 1.82) is 0 Å². The van der Waals surface area contributed by atoms with Crippen LogP contribution >= 0.6 is 0 Å². The van der Waals surface area contributed by atoms with Crippen LogP contribution in [0.5, 0.6) is 5.75 Å². The first-order chi connectivity index (χ1) is 9.66. The number of pyridine rings is 1. The van der Waals surface area contributed by atoms with Crippen molar-refractivity contribution in [3.05, 3.63) is 60.4 Å². The second-order valence-corrected chi connectivity index (χ2v) is 4.67. The van der Waals surface area contributed by atoms with Gasteiger partial charge in [0.25, 0.3) is 0 Å². The van der Waals surface area contributed by atoms with Crippen LogP contribution in [0.25, 0.3) is 21.9 Å². The van der Waals surface area contributed by atoms with Gasteiger partial charge in [-0.15, -0.1) is 0 Å². The van der Waals surface area contributed by atoms with Gasteiger partial charge in [-0.1, -0.05) is 30.3 Å². The van der Waals surface area contributed by atoms with Crippen molar-refractivity contribution in [2.75, 3.05) is 0 Å². The highest BCUT2D eigenvalue weighted by Gasteiger charge is 2.11. The number of nitrogens with zero attached hydrogens (tertiary/aromatic N) is 1. The lowest BCUT2D eigenvalue weighted by molar-refractivity contribution is 0.101. The molecule has 0 unspecified atom stereocenters. The Morgan fingerprint density at radius 3 is 2.55 bits per heavy atom. The molecule has 3 aromatic rings. The molecule has 1 heterocycles. The highest BCUT2D eigenvalue weighted by atomic mass is 16.3. The van der Waals surface area contributed by atoms with Crippen LogP contribution in [0, 0.1) is 0 Å². The maximum atomic E-state index is 11.7. The van der Waals surface area contributed by atoms with E-state index in [0.717, 1.165) is 16.3 Å². The molecule has 0 saturated carbocycles. The molecule has 3 rings (SSSR count). The number of phenols is 1. The minimum Gasteiger partial charge on any atom is -0.507 e. The SMILES string of the molecule is CC(=O)c1nccc2cc(O)c(-c3ccccc3)cc12. The molecule has 0 aliphatic rings. The maximum absolute atomic E-state index is 11.7. The molecule has 1 N–H and O–H groups in total. The van der Waals surface area contributed by atoms with E-state index in [1.165, 1.54) is 6.92 Å². The number of hydrogen-bond acceptors (Lipinski definition) is 3. The number of aromatic hydroxyl groups is 1. The second kappa shape index (κ2) is 4.78. The predicted molar refractivity (Wildman–Crippen MR) is 78.8 cm³/mol. The van der Waals surface area contributed by atoms with E-state index < -0.39 is 0 Å². The summed E-state index contributed by atoms with van der Waals surface area (Å²) in [6.45, 7) is 1.50. The molecular weight excluding hydrogens is 250 g/mol. The summed E-state index contributed by atoms with van der Waals surface area (Å²) in [5, 5.41) is 11.8. The number of Topliss-reactive ketones (excluding diaryl/α,β-unsaturated/α-hetero) is 1. The van der Waals surface area contributed by atoms with Crippen LogP contribution in [0.1, 0.15) is 17.4 Å². The van der Waals surface area contributed by atoms with E-state index >= 15 is 0 Å². The van der Waals surface area contributed by atoms with Gasteiger partial charge in [0.2, 0.25) is 0 Å². The number of phenolic OH excluding ortho intramolecular Hbond substituents is 1. The summed E-state index contributed by atoms with van der Waals surface area (Å²) >= 11 is 0. The van der Waals surface area contributed by atoms with Crippen LogP contribution in [0.2, 0.25) is 0 Å². The minimum absolute atomic E-state index is 0.0831. The molecule has 0 amide bonds. The third-order valence-electron chi connectivity index (χ3n) is 3.30. The number of ketones is 1. The van der Waals surface area contributed by atoms with Crippen LogP contribution in [0.3, 0.4) is 0 Å². The Bertz CT molecular complexity index is 795. The van der Waals surface area contributed by atoms with Crippen molar-refractivity contribution in [2.24, 2.45) is 0 Å². The number of rotatable bonds is 2. The zero-order valence-electron chi connectivity index (χ0n) is 11.0. The highest BCUT2D eigenvalue weighted by Crippen LogP contribution is 2.34. The first kappa shape index (κ1) is 12.4. The van der Waals surface area contributed by atoms with E-state index in [1.807, 2.05) is 36.4 Å². The average Bonchev–Trinajstić information content (AvgIpc) is 2.46. The van der Waals surface area contributed by atoms with Crippen molar-refractivity contribution < 1.29 is 9.90 Å². The molecule has 3 heteroatoms. The molecule has 0 atom stereocenters. The zero-order chi connectivity index (χ0) is 14.1. The lowest BCUT2D eigenvalue weighted by Crippen LogP contribution is -1.97. The Kier molecular flexibility index (Phi) is 2.95. The number of fused-ring (bicyclic) bond motifs is 1. The van der Waals surface area contributed by atoms with E-state index in [4.69, 9.17) is 0 Å². The molecule has 2 aromatic carbocycles. The summed E-state index contributed by atoms with van der Waals surface area (Å²) in [5.74, 6) is 0.115. The van der Waals surface area contributed by atoms with Crippen LogP contribution in [-0.4, -0.2) is 15.9 Å². The van der Waals surface area contributed by atoms with Gasteiger partial charge in [-0.2, -0.15) is 0 Å². The minimum atomic E-state index is -0.0831. The van der Waals surface area contributed by atoms with E-state index in [9.17, 15) is 9.90 Å². The Morgan fingerprint density at radius 1 is 1.10 bits per heavy atom. The summed E-state index contributed by atoms with van der Waals surface area (Å²) in [6.07, 6.45) is 1.58. The number of carbonyl (C=O) groups is 1. The summed E-state index contributed by atoms with van der Waals surface area (Å²) in [7, 11) is 0. The quantitative estimate of drug-likeness (QED) is 0.715. The molecular formula is C17H13NO2. The lowest BCUT2D eigenvalue weighted by Gasteiger charge is -2.09. The van der Waals surface area contributed by atoms with Crippen LogP contribution in [0.4, 0.5) is 0 Å². The van der Waals surface area contributed by atoms with Crippen molar-refractivity contribution in [3.63, 3.8) is 0 Å². The third-order valence-corrected chi connectivity index (χ3v) is 3.30. The van der Waals surface area contributed by atoms with Gasteiger partial charge in [-0.3, -0.25) is 9.78 Å². The molecule has 0 spiro atoms. The standard InChI is InChI=1S/C17H13NO2/c1-11(19)17-15-10-14(12-5-3-2-4-6-12)16(20)9-13(15)7-8-18-17/h2-10,20H,1H3. The maximum Gasteiger partial charge on any atom is 0.178 e.